The highest BCUT2D eigenvalue weighted by atomic mass is 16.3. The van der Waals surface area contributed by atoms with Gasteiger partial charge in [0.05, 0.1) is 11.6 Å². The Kier molecular flexibility index (Phi) is 7.39. The van der Waals surface area contributed by atoms with Crippen LogP contribution in [0.25, 0.3) is 0 Å². The third-order valence-electron chi connectivity index (χ3n) is 3.99. The van der Waals surface area contributed by atoms with Crippen LogP contribution >= 0.6 is 0 Å². The zero-order chi connectivity index (χ0) is 14.1. The van der Waals surface area contributed by atoms with Gasteiger partial charge in [-0.1, -0.05) is 39.0 Å². The van der Waals surface area contributed by atoms with Gasteiger partial charge in [0.1, 0.15) is 0 Å². The van der Waals surface area contributed by atoms with Crippen molar-refractivity contribution in [3.63, 3.8) is 0 Å². The highest BCUT2D eigenvalue weighted by Crippen LogP contribution is 2.26. The standard InChI is InChI=1S/C15H30N2O2/c1-3-4-11-16-14(18)13(2)17-12-15(19)9-7-5-6-8-10-15/h13,17,19H,3-12H2,1-2H3,(H,16,18). The van der Waals surface area contributed by atoms with Crippen molar-refractivity contribution in [3.8, 4) is 0 Å². The summed E-state index contributed by atoms with van der Waals surface area (Å²) in [4.78, 5) is 11.8. The molecule has 0 aliphatic heterocycles. The average Bonchev–Trinajstić information content (AvgIpc) is 2.61. The molecule has 1 aliphatic carbocycles. The SMILES string of the molecule is CCCCNC(=O)C(C)NCC1(O)CCCCCC1. The van der Waals surface area contributed by atoms with E-state index in [1.54, 1.807) is 0 Å². The van der Waals surface area contributed by atoms with Crippen molar-refractivity contribution < 1.29 is 9.90 Å². The number of hydrogen-bond acceptors (Lipinski definition) is 3. The molecule has 4 nitrogen and oxygen atoms in total. The first-order valence-electron chi connectivity index (χ1n) is 7.81. The van der Waals surface area contributed by atoms with Gasteiger partial charge < -0.3 is 15.7 Å². The Morgan fingerprint density at radius 1 is 1.26 bits per heavy atom. The molecule has 0 saturated heterocycles. The molecule has 112 valence electrons. The molecule has 1 aliphatic rings. The molecule has 0 aromatic heterocycles. The first-order chi connectivity index (χ1) is 9.07. The molecule has 3 N–H and O–H groups in total. The average molecular weight is 270 g/mol. The minimum absolute atomic E-state index is 0.0330. The van der Waals surface area contributed by atoms with Crippen molar-refractivity contribution in [1.29, 1.82) is 0 Å². The van der Waals surface area contributed by atoms with E-state index in [0.29, 0.717) is 6.54 Å². The lowest BCUT2D eigenvalue weighted by atomic mass is 9.94. The zero-order valence-corrected chi connectivity index (χ0v) is 12.5. The molecule has 0 radical (unpaired) electrons. The quantitative estimate of drug-likeness (QED) is 0.489. The molecule has 1 rings (SSSR count). The summed E-state index contributed by atoms with van der Waals surface area (Å²) in [6, 6.07) is -0.232. The topological polar surface area (TPSA) is 61.4 Å². The summed E-state index contributed by atoms with van der Waals surface area (Å²) < 4.78 is 0. The molecule has 0 aromatic rings. The van der Waals surface area contributed by atoms with Gasteiger partial charge >= 0.3 is 0 Å². The van der Waals surface area contributed by atoms with Crippen LogP contribution in [0.15, 0.2) is 0 Å². The Labute approximate surface area is 117 Å². The predicted molar refractivity (Wildman–Crippen MR) is 78.0 cm³/mol. The van der Waals surface area contributed by atoms with Crippen LogP contribution in [-0.2, 0) is 4.79 Å². The second-order valence-electron chi connectivity index (χ2n) is 5.89. The molecule has 0 spiro atoms. The molecular formula is C15H30N2O2. The number of unbranched alkanes of at least 4 members (excludes halogenated alkanes) is 1. The Morgan fingerprint density at radius 2 is 1.89 bits per heavy atom. The number of carbonyl (C=O) groups excluding carboxylic acids is 1. The van der Waals surface area contributed by atoms with Crippen LogP contribution in [-0.4, -0.2) is 35.7 Å². The maximum absolute atomic E-state index is 11.8. The molecular weight excluding hydrogens is 240 g/mol. The highest BCUT2D eigenvalue weighted by molar-refractivity contribution is 5.81. The Hall–Kier alpha value is -0.610. The van der Waals surface area contributed by atoms with E-state index in [1.165, 1.54) is 12.8 Å². The van der Waals surface area contributed by atoms with E-state index >= 15 is 0 Å². The molecule has 1 saturated carbocycles. The zero-order valence-electron chi connectivity index (χ0n) is 12.5. The summed E-state index contributed by atoms with van der Waals surface area (Å²) in [5.41, 5.74) is -0.617. The van der Waals surface area contributed by atoms with E-state index < -0.39 is 5.60 Å². The second-order valence-corrected chi connectivity index (χ2v) is 5.89. The monoisotopic (exact) mass is 270 g/mol. The molecule has 1 fully saturated rings. The summed E-state index contributed by atoms with van der Waals surface area (Å²) in [6.07, 6.45) is 8.42. The van der Waals surface area contributed by atoms with Gasteiger partial charge in [0.2, 0.25) is 5.91 Å². The maximum Gasteiger partial charge on any atom is 0.236 e. The Balaban J connectivity index is 2.27. The number of amides is 1. The molecule has 0 heterocycles. The lowest BCUT2D eigenvalue weighted by Crippen LogP contribution is -2.49. The lowest BCUT2D eigenvalue weighted by Gasteiger charge is -2.28. The van der Waals surface area contributed by atoms with Gasteiger partial charge in [-0.15, -0.1) is 0 Å². The maximum atomic E-state index is 11.8. The van der Waals surface area contributed by atoms with Gasteiger partial charge in [-0.25, -0.2) is 0 Å². The molecule has 1 amide bonds. The minimum atomic E-state index is -0.617. The van der Waals surface area contributed by atoms with Gasteiger partial charge in [0.15, 0.2) is 0 Å². The van der Waals surface area contributed by atoms with Crippen molar-refractivity contribution in [1.82, 2.24) is 10.6 Å². The van der Waals surface area contributed by atoms with Crippen LogP contribution in [0.5, 0.6) is 0 Å². The second kappa shape index (κ2) is 8.54. The van der Waals surface area contributed by atoms with E-state index in [2.05, 4.69) is 17.6 Å². The van der Waals surface area contributed by atoms with Crippen molar-refractivity contribution in [2.45, 2.75) is 76.9 Å². The van der Waals surface area contributed by atoms with Crippen molar-refractivity contribution in [2.24, 2.45) is 0 Å². The van der Waals surface area contributed by atoms with Crippen LogP contribution in [0, 0.1) is 0 Å². The first-order valence-corrected chi connectivity index (χ1v) is 7.81. The van der Waals surface area contributed by atoms with Gasteiger partial charge in [-0.3, -0.25) is 4.79 Å². The molecule has 0 bridgehead atoms. The number of hydrogen-bond donors (Lipinski definition) is 3. The van der Waals surface area contributed by atoms with Gasteiger partial charge in [0.25, 0.3) is 0 Å². The fourth-order valence-corrected chi connectivity index (χ4v) is 2.54. The van der Waals surface area contributed by atoms with Crippen molar-refractivity contribution >= 4 is 5.91 Å². The summed E-state index contributed by atoms with van der Waals surface area (Å²) in [7, 11) is 0. The van der Waals surface area contributed by atoms with Crippen LogP contribution in [0.1, 0.15) is 65.2 Å². The first kappa shape index (κ1) is 16.4. The molecule has 19 heavy (non-hydrogen) atoms. The van der Waals surface area contributed by atoms with E-state index in [0.717, 1.165) is 45.1 Å². The van der Waals surface area contributed by atoms with Crippen LogP contribution < -0.4 is 10.6 Å². The fraction of sp³-hybridized carbons (Fsp3) is 0.933. The normalized spacial score (nSPS) is 20.6. The molecule has 1 unspecified atom stereocenters. The van der Waals surface area contributed by atoms with E-state index in [4.69, 9.17) is 0 Å². The third kappa shape index (κ3) is 6.39. The van der Waals surface area contributed by atoms with Crippen molar-refractivity contribution in [2.75, 3.05) is 13.1 Å². The summed E-state index contributed by atoms with van der Waals surface area (Å²) >= 11 is 0. The van der Waals surface area contributed by atoms with E-state index in [-0.39, 0.29) is 11.9 Å². The van der Waals surface area contributed by atoms with Gasteiger partial charge in [-0.2, -0.15) is 0 Å². The third-order valence-corrected chi connectivity index (χ3v) is 3.99. The smallest absolute Gasteiger partial charge is 0.236 e. The van der Waals surface area contributed by atoms with Crippen molar-refractivity contribution in [3.05, 3.63) is 0 Å². The fourth-order valence-electron chi connectivity index (χ4n) is 2.54. The summed E-state index contributed by atoms with van der Waals surface area (Å²) in [5, 5.41) is 16.6. The van der Waals surface area contributed by atoms with Gasteiger partial charge in [-0.05, 0) is 26.2 Å². The largest absolute Gasteiger partial charge is 0.389 e. The number of aliphatic hydroxyl groups is 1. The lowest BCUT2D eigenvalue weighted by molar-refractivity contribution is -0.123. The van der Waals surface area contributed by atoms with Crippen LogP contribution in [0.4, 0.5) is 0 Å². The molecule has 4 heteroatoms. The van der Waals surface area contributed by atoms with Gasteiger partial charge in [0, 0.05) is 13.1 Å². The molecule has 1 atom stereocenters. The summed E-state index contributed by atoms with van der Waals surface area (Å²) in [5.74, 6) is 0.0330. The minimum Gasteiger partial charge on any atom is -0.389 e. The Morgan fingerprint density at radius 3 is 2.47 bits per heavy atom. The Bertz CT molecular complexity index is 261. The number of carbonyl (C=O) groups is 1. The number of nitrogens with one attached hydrogen (secondary N) is 2. The van der Waals surface area contributed by atoms with E-state index in [1.807, 2.05) is 6.92 Å². The van der Waals surface area contributed by atoms with Crippen LogP contribution in [0.3, 0.4) is 0 Å². The van der Waals surface area contributed by atoms with E-state index in [9.17, 15) is 9.90 Å². The summed E-state index contributed by atoms with van der Waals surface area (Å²) in [6.45, 7) is 5.23. The molecule has 0 aromatic carbocycles. The predicted octanol–water partition coefficient (Wildman–Crippen LogP) is 1.97. The highest BCUT2D eigenvalue weighted by Gasteiger charge is 2.28. The van der Waals surface area contributed by atoms with Crippen LogP contribution in [0.2, 0.25) is 0 Å². The number of rotatable bonds is 7.